The van der Waals surface area contributed by atoms with Crippen molar-refractivity contribution in [2.75, 3.05) is 0 Å². The fourth-order valence-electron chi connectivity index (χ4n) is 3.50. The molecule has 2 fully saturated rings. The third-order valence-electron chi connectivity index (χ3n) is 4.76. The Morgan fingerprint density at radius 3 is 2.67 bits per heavy atom. The molecule has 1 aromatic rings. The highest BCUT2D eigenvalue weighted by Gasteiger charge is 2.31. The van der Waals surface area contributed by atoms with Crippen molar-refractivity contribution in [1.29, 1.82) is 0 Å². The fraction of sp³-hybridized carbons (Fsp3) is 0.857. The Morgan fingerprint density at radius 2 is 2.00 bits per heavy atom. The summed E-state index contributed by atoms with van der Waals surface area (Å²) in [6, 6.07) is 0.321. The summed E-state index contributed by atoms with van der Waals surface area (Å²) < 4.78 is 5.46. The van der Waals surface area contributed by atoms with Gasteiger partial charge in [-0.25, -0.2) is 0 Å². The zero-order chi connectivity index (χ0) is 12.5. The average Bonchev–Trinajstić information content (AvgIpc) is 3.07. The van der Waals surface area contributed by atoms with Crippen LogP contribution in [0.15, 0.2) is 4.52 Å². The quantitative estimate of drug-likeness (QED) is 0.894. The molecule has 0 spiro atoms. The number of hydrogen-bond acceptors (Lipinski definition) is 4. The Hall–Kier alpha value is -0.900. The van der Waals surface area contributed by atoms with E-state index >= 15 is 0 Å². The number of nitrogens with zero attached hydrogens (tertiary/aromatic N) is 2. The lowest BCUT2D eigenvalue weighted by molar-refractivity contribution is 0.346. The van der Waals surface area contributed by atoms with E-state index in [-0.39, 0.29) is 0 Å². The lowest BCUT2D eigenvalue weighted by Crippen LogP contribution is -2.14. The van der Waals surface area contributed by atoms with Crippen LogP contribution in [0.25, 0.3) is 0 Å². The van der Waals surface area contributed by atoms with Crippen LogP contribution in [0, 0.1) is 5.92 Å². The van der Waals surface area contributed by atoms with Gasteiger partial charge >= 0.3 is 0 Å². The summed E-state index contributed by atoms with van der Waals surface area (Å²) in [5.74, 6) is 3.57. The molecule has 2 N–H and O–H groups in total. The number of hydrogen-bond donors (Lipinski definition) is 1. The van der Waals surface area contributed by atoms with Crippen molar-refractivity contribution in [3.8, 4) is 0 Å². The zero-order valence-electron chi connectivity index (χ0n) is 11.1. The van der Waals surface area contributed by atoms with Crippen molar-refractivity contribution in [1.82, 2.24) is 10.1 Å². The molecule has 4 heteroatoms. The molecule has 2 aliphatic carbocycles. The minimum absolute atomic E-state index is 0.321. The molecule has 100 valence electrons. The first kappa shape index (κ1) is 12.2. The fourth-order valence-corrected chi connectivity index (χ4v) is 3.50. The summed E-state index contributed by atoms with van der Waals surface area (Å²) in [5, 5.41) is 4.21. The van der Waals surface area contributed by atoms with Gasteiger partial charge in [0.15, 0.2) is 5.82 Å². The maximum absolute atomic E-state index is 5.94. The highest BCUT2D eigenvalue weighted by Crippen LogP contribution is 2.39. The van der Waals surface area contributed by atoms with Crippen LogP contribution >= 0.6 is 0 Å². The summed E-state index contributed by atoms with van der Waals surface area (Å²) in [6.45, 7) is 2.27. The van der Waals surface area contributed by atoms with E-state index in [2.05, 4.69) is 17.1 Å². The normalized spacial score (nSPS) is 36.3. The molecule has 1 aromatic heterocycles. The second-order valence-corrected chi connectivity index (χ2v) is 6.05. The average molecular weight is 249 g/mol. The van der Waals surface area contributed by atoms with Crippen LogP contribution in [-0.4, -0.2) is 16.2 Å². The minimum Gasteiger partial charge on any atom is -0.339 e. The Bertz CT molecular complexity index is 403. The maximum atomic E-state index is 5.94. The van der Waals surface area contributed by atoms with Gasteiger partial charge in [0.2, 0.25) is 5.89 Å². The zero-order valence-corrected chi connectivity index (χ0v) is 11.1. The SMILES string of the molecule is CCC1CCC(c2noc([C@@H]3CC[C@H](N)C3)n2)C1. The first-order chi connectivity index (χ1) is 8.76. The van der Waals surface area contributed by atoms with Gasteiger partial charge < -0.3 is 10.3 Å². The van der Waals surface area contributed by atoms with E-state index < -0.39 is 0 Å². The van der Waals surface area contributed by atoms with Gasteiger partial charge in [-0.1, -0.05) is 18.5 Å². The molecule has 0 amide bonds. The molecular formula is C14H23N3O. The van der Waals surface area contributed by atoms with Gasteiger partial charge in [-0.05, 0) is 44.4 Å². The molecule has 0 radical (unpaired) electrons. The van der Waals surface area contributed by atoms with E-state index in [1.165, 1.54) is 25.7 Å². The molecule has 0 aliphatic heterocycles. The molecule has 0 saturated heterocycles. The van der Waals surface area contributed by atoms with Crippen LogP contribution in [0.2, 0.25) is 0 Å². The lowest BCUT2D eigenvalue weighted by Gasteiger charge is -2.05. The Kier molecular flexibility index (Phi) is 3.37. The van der Waals surface area contributed by atoms with Gasteiger partial charge in [0.05, 0.1) is 0 Å². The first-order valence-electron chi connectivity index (χ1n) is 7.35. The molecule has 2 unspecified atom stereocenters. The minimum atomic E-state index is 0.321. The molecule has 2 saturated carbocycles. The summed E-state index contributed by atoms with van der Waals surface area (Å²) in [5.41, 5.74) is 5.94. The lowest BCUT2D eigenvalue weighted by atomic mass is 10.0. The molecule has 4 atom stereocenters. The largest absolute Gasteiger partial charge is 0.339 e. The van der Waals surface area contributed by atoms with Crippen LogP contribution in [0.3, 0.4) is 0 Å². The van der Waals surface area contributed by atoms with E-state index in [0.717, 1.165) is 36.9 Å². The molecule has 3 rings (SSSR count). The summed E-state index contributed by atoms with van der Waals surface area (Å²) >= 11 is 0. The van der Waals surface area contributed by atoms with Crippen LogP contribution in [0.1, 0.15) is 75.4 Å². The van der Waals surface area contributed by atoms with Gasteiger partial charge in [-0.2, -0.15) is 4.98 Å². The van der Waals surface area contributed by atoms with Crippen molar-refractivity contribution in [3.05, 3.63) is 11.7 Å². The van der Waals surface area contributed by atoms with E-state index in [0.29, 0.717) is 17.9 Å². The first-order valence-corrected chi connectivity index (χ1v) is 7.35. The molecule has 2 aliphatic rings. The number of aromatic nitrogens is 2. The van der Waals surface area contributed by atoms with E-state index in [9.17, 15) is 0 Å². The summed E-state index contributed by atoms with van der Waals surface area (Å²) in [6.07, 6.45) is 8.25. The van der Waals surface area contributed by atoms with Crippen LogP contribution < -0.4 is 5.73 Å². The summed E-state index contributed by atoms with van der Waals surface area (Å²) in [4.78, 5) is 4.64. The van der Waals surface area contributed by atoms with Crippen molar-refractivity contribution < 1.29 is 4.52 Å². The molecule has 0 aromatic carbocycles. The highest BCUT2D eigenvalue weighted by atomic mass is 16.5. The third-order valence-corrected chi connectivity index (χ3v) is 4.76. The monoisotopic (exact) mass is 249 g/mol. The van der Waals surface area contributed by atoms with Crippen molar-refractivity contribution in [3.63, 3.8) is 0 Å². The maximum Gasteiger partial charge on any atom is 0.229 e. The van der Waals surface area contributed by atoms with Gasteiger partial charge in [0.25, 0.3) is 0 Å². The van der Waals surface area contributed by atoms with Crippen LogP contribution in [0.4, 0.5) is 0 Å². The van der Waals surface area contributed by atoms with Crippen LogP contribution in [-0.2, 0) is 0 Å². The predicted octanol–water partition coefficient (Wildman–Crippen LogP) is 2.96. The standard InChI is InChI=1S/C14H23N3O/c1-2-9-3-4-10(7-9)13-16-14(18-17-13)11-5-6-12(15)8-11/h9-12H,2-8,15H2,1H3/t9?,10?,11-,12+/m1/s1. The van der Waals surface area contributed by atoms with Crippen molar-refractivity contribution in [2.45, 2.75) is 69.7 Å². The second kappa shape index (κ2) is 5.00. The van der Waals surface area contributed by atoms with E-state index in [1.807, 2.05) is 0 Å². The van der Waals surface area contributed by atoms with Gasteiger partial charge in [-0.15, -0.1) is 0 Å². The van der Waals surface area contributed by atoms with E-state index in [1.54, 1.807) is 0 Å². The number of rotatable bonds is 3. The van der Waals surface area contributed by atoms with E-state index in [4.69, 9.17) is 10.3 Å². The smallest absolute Gasteiger partial charge is 0.229 e. The topological polar surface area (TPSA) is 64.9 Å². The van der Waals surface area contributed by atoms with Gasteiger partial charge in [0, 0.05) is 17.9 Å². The van der Waals surface area contributed by atoms with Gasteiger partial charge in [0.1, 0.15) is 0 Å². The van der Waals surface area contributed by atoms with Crippen molar-refractivity contribution in [2.24, 2.45) is 11.7 Å². The van der Waals surface area contributed by atoms with Crippen LogP contribution in [0.5, 0.6) is 0 Å². The summed E-state index contributed by atoms with van der Waals surface area (Å²) in [7, 11) is 0. The Balaban J connectivity index is 1.66. The highest BCUT2D eigenvalue weighted by molar-refractivity contribution is 5.04. The molecule has 18 heavy (non-hydrogen) atoms. The van der Waals surface area contributed by atoms with Gasteiger partial charge in [-0.3, -0.25) is 0 Å². The molecule has 4 nitrogen and oxygen atoms in total. The Labute approximate surface area is 108 Å². The molecule has 0 bridgehead atoms. The second-order valence-electron chi connectivity index (χ2n) is 6.05. The van der Waals surface area contributed by atoms with Crippen molar-refractivity contribution >= 4 is 0 Å². The Morgan fingerprint density at radius 1 is 1.17 bits per heavy atom. The number of nitrogens with two attached hydrogens (primary N) is 1. The molecule has 1 heterocycles. The third kappa shape index (κ3) is 2.30. The predicted molar refractivity (Wildman–Crippen MR) is 69.2 cm³/mol. The molecular weight excluding hydrogens is 226 g/mol.